The van der Waals surface area contributed by atoms with E-state index in [1.54, 1.807) is 24.3 Å². The molecule has 0 aliphatic heterocycles. The number of carboxylic acid groups (broad SMARTS) is 1. The summed E-state index contributed by atoms with van der Waals surface area (Å²) in [4.78, 5) is 23.5. The van der Waals surface area contributed by atoms with Gasteiger partial charge in [-0.05, 0) is 42.4 Å². The van der Waals surface area contributed by atoms with E-state index >= 15 is 0 Å². The lowest BCUT2D eigenvalue weighted by Gasteiger charge is -2.15. The van der Waals surface area contributed by atoms with E-state index in [4.69, 9.17) is 11.6 Å². The molecular weight excluding hydrogens is 278 g/mol. The lowest BCUT2D eigenvalue weighted by molar-refractivity contribution is -0.142. The Labute approximate surface area is 122 Å². The molecule has 2 aliphatic rings. The molecule has 0 aromatic heterocycles. The Morgan fingerprint density at radius 1 is 1.20 bits per heavy atom. The minimum atomic E-state index is -1.05. The molecule has 3 rings (SSSR count). The van der Waals surface area contributed by atoms with E-state index in [-0.39, 0.29) is 11.8 Å². The van der Waals surface area contributed by atoms with Crippen molar-refractivity contribution in [3.63, 3.8) is 0 Å². The quantitative estimate of drug-likeness (QED) is 0.897. The number of nitrogens with one attached hydrogen (secondary N) is 1. The minimum absolute atomic E-state index is 0.0258. The summed E-state index contributed by atoms with van der Waals surface area (Å²) in [6.45, 7) is 0. The highest BCUT2D eigenvalue weighted by Gasteiger charge is 2.56. The van der Waals surface area contributed by atoms with E-state index in [0.717, 1.165) is 12.8 Å². The maximum Gasteiger partial charge on any atom is 0.330 e. The third-order valence-electron chi connectivity index (χ3n) is 4.45. The largest absolute Gasteiger partial charge is 0.479 e. The molecule has 0 heterocycles. The fourth-order valence-electron chi connectivity index (χ4n) is 3.39. The molecule has 2 aliphatic carbocycles. The van der Waals surface area contributed by atoms with E-state index < -0.39 is 12.0 Å². The molecule has 1 aromatic rings. The summed E-state index contributed by atoms with van der Waals surface area (Å²) in [5.41, 5.74) is 0.543. The minimum Gasteiger partial charge on any atom is -0.479 e. The highest BCUT2D eigenvalue weighted by molar-refractivity contribution is 6.30. The second-order valence-corrected chi connectivity index (χ2v) is 6.05. The van der Waals surface area contributed by atoms with Crippen molar-refractivity contribution in [2.45, 2.75) is 25.3 Å². The van der Waals surface area contributed by atoms with Crippen LogP contribution in [0.4, 0.5) is 0 Å². The number of hydrogen-bond acceptors (Lipinski definition) is 2. The second kappa shape index (κ2) is 5.09. The molecule has 2 N–H and O–H groups in total. The Bertz CT molecular complexity index is 533. The van der Waals surface area contributed by atoms with E-state index in [0.29, 0.717) is 22.4 Å². The van der Waals surface area contributed by atoms with Gasteiger partial charge < -0.3 is 10.4 Å². The van der Waals surface area contributed by atoms with Crippen LogP contribution in [0.15, 0.2) is 24.3 Å². The van der Waals surface area contributed by atoms with Gasteiger partial charge in [0.15, 0.2) is 6.04 Å². The van der Waals surface area contributed by atoms with Crippen molar-refractivity contribution in [3.8, 4) is 0 Å². The highest BCUT2D eigenvalue weighted by atomic mass is 35.5. The van der Waals surface area contributed by atoms with Crippen LogP contribution in [-0.4, -0.2) is 17.0 Å². The third kappa shape index (κ3) is 2.40. The van der Waals surface area contributed by atoms with Gasteiger partial charge in [0.05, 0.1) is 0 Å². The van der Waals surface area contributed by atoms with Gasteiger partial charge in [0.2, 0.25) is 5.91 Å². The molecule has 0 radical (unpaired) electrons. The number of amides is 1. The summed E-state index contributed by atoms with van der Waals surface area (Å²) in [6, 6.07) is 5.53. The topological polar surface area (TPSA) is 66.4 Å². The zero-order valence-electron chi connectivity index (χ0n) is 10.9. The first-order valence-corrected chi connectivity index (χ1v) is 7.24. The predicted molar refractivity (Wildman–Crippen MR) is 74.3 cm³/mol. The Morgan fingerprint density at radius 2 is 1.80 bits per heavy atom. The molecular formula is C15H16ClNO3. The number of aliphatic carboxylic acids is 1. The first-order valence-electron chi connectivity index (χ1n) is 6.86. The van der Waals surface area contributed by atoms with Gasteiger partial charge in [-0.2, -0.15) is 0 Å². The Balaban J connectivity index is 1.70. The molecule has 0 spiro atoms. The van der Waals surface area contributed by atoms with Gasteiger partial charge in [0.25, 0.3) is 0 Å². The summed E-state index contributed by atoms with van der Waals surface area (Å²) in [6.07, 6.45) is 3.39. The van der Waals surface area contributed by atoms with E-state index in [9.17, 15) is 14.7 Å². The van der Waals surface area contributed by atoms with Crippen LogP contribution in [0.25, 0.3) is 0 Å². The first kappa shape index (κ1) is 13.4. The van der Waals surface area contributed by atoms with E-state index in [2.05, 4.69) is 5.32 Å². The Kier molecular flexibility index (Phi) is 3.42. The normalized spacial score (nSPS) is 28.6. The average molecular weight is 294 g/mol. The van der Waals surface area contributed by atoms with Crippen LogP contribution in [-0.2, 0) is 9.59 Å². The predicted octanol–water partition coefficient (Wildman–Crippen LogP) is 2.63. The lowest BCUT2D eigenvalue weighted by atomic mass is 10.1. The number of carboxylic acids is 1. The molecule has 2 fully saturated rings. The highest BCUT2D eigenvalue weighted by Crippen LogP contribution is 2.57. The van der Waals surface area contributed by atoms with Gasteiger partial charge in [-0.3, -0.25) is 4.79 Å². The van der Waals surface area contributed by atoms with Gasteiger partial charge in [-0.15, -0.1) is 0 Å². The zero-order chi connectivity index (χ0) is 14.3. The van der Waals surface area contributed by atoms with Crippen molar-refractivity contribution in [1.82, 2.24) is 5.32 Å². The maximum atomic E-state index is 12.2. The summed E-state index contributed by atoms with van der Waals surface area (Å²) < 4.78 is 0. The van der Waals surface area contributed by atoms with Crippen LogP contribution in [0.1, 0.15) is 30.9 Å². The van der Waals surface area contributed by atoms with Crippen molar-refractivity contribution >= 4 is 23.5 Å². The summed E-state index contributed by atoms with van der Waals surface area (Å²) >= 11 is 5.79. The summed E-state index contributed by atoms with van der Waals surface area (Å²) in [5.74, 6) is -0.184. The monoisotopic (exact) mass is 293 g/mol. The SMILES string of the molecule is O=C(O)C(NC(=O)C1C2CCCC21)c1ccc(Cl)cc1. The van der Waals surface area contributed by atoms with Crippen LogP contribution in [0.5, 0.6) is 0 Å². The first-order chi connectivity index (χ1) is 9.58. The van der Waals surface area contributed by atoms with Gasteiger partial charge >= 0.3 is 5.97 Å². The second-order valence-electron chi connectivity index (χ2n) is 5.62. The number of fused-ring (bicyclic) bond motifs is 1. The molecule has 1 aromatic carbocycles. The molecule has 2 saturated carbocycles. The van der Waals surface area contributed by atoms with Crippen molar-refractivity contribution in [2.75, 3.05) is 0 Å². The smallest absolute Gasteiger partial charge is 0.330 e. The average Bonchev–Trinajstić information content (AvgIpc) is 2.90. The van der Waals surface area contributed by atoms with Crippen LogP contribution in [0.3, 0.4) is 0 Å². The molecule has 20 heavy (non-hydrogen) atoms. The fourth-order valence-corrected chi connectivity index (χ4v) is 3.52. The molecule has 106 valence electrons. The summed E-state index contributed by atoms with van der Waals surface area (Å²) in [5, 5.41) is 12.5. The fraction of sp³-hybridized carbons (Fsp3) is 0.467. The van der Waals surface area contributed by atoms with Gasteiger partial charge in [-0.1, -0.05) is 30.2 Å². The Hall–Kier alpha value is -1.55. The zero-order valence-corrected chi connectivity index (χ0v) is 11.6. The van der Waals surface area contributed by atoms with Crippen molar-refractivity contribution in [1.29, 1.82) is 0 Å². The number of hydrogen-bond donors (Lipinski definition) is 2. The molecule has 0 saturated heterocycles. The number of carbonyl (C=O) groups excluding carboxylic acids is 1. The molecule has 4 nitrogen and oxygen atoms in total. The standard InChI is InChI=1S/C15H16ClNO3/c16-9-6-4-8(5-7-9)13(15(19)20)17-14(18)12-10-2-1-3-11(10)12/h4-7,10-13H,1-3H2,(H,17,18)(H,19,20). The van der Waals surface area contributed by atoms with Crippen LogP contribution >= 0.6 is 11.6 Å². The third-order valence-corrected chi connectivity index (χ3v) is 4.70. The molecule has 0 bridgehead atoms. The summed E-state index contributed by atoms with van der Waals surface area (Å²) in [7, 11) is 0. The van der Waals surface area contributed by atoms with Gasteiger partial charge in [-0.25, -0.2) is 4.79 Å². The number of halogens is 1. The number of carbonyl (C=O) groups is 2. The van der Waals surface area contributed by atoms with Gasteiger partial charge in [0, 0.05) is 10.9 Å². The molecule has 3 unspecified atom stereocenters. The maximum absolute atomic E-state index is 12.2. The Morgan fingerprint density at radius 3 is 2.35 bits per heavy atom. The van der Waals surface area contributed by atoms with Crippen LogP contribution < -0.4 is 5.32 Å². The van der Waals surface area contributed by atoms with Crippen molar-refractivity contribution in [2.24, 2.45) is 17.8 Å². The lowest BCUT2D eigenvalue weighted by Crippen LogP contribution is -2.35. The molecule has 1 amide bonds. The number of rotatable bonds is 4. The molecule has 5 heteroatoms. The van der Waals surface area contributed by atoms with Crippen molar-refractivity contribution in [3.05, 3.63) is 34.9 Å². The molecule has 3 atom stereocenters. The van der Waals surface area contributed by atoms with E-state index in [1.165, 1.54) is 6.42 Å². The number of benzene rings is 1. The van der Waals surface area contributed by atoms with Gasteiger partial charge in [0.1, 0.15) is 0 Å². The van der Waals surface area contributed by atoms with Crippen LogP contribution in [0, 0.1) is 17.8 Å². The van der Waals surface area contributed by atoms with E-state index in [1.807, 2.05) is 0 Å². The van der Waals surface area contributed by atoms with Crippen molar-refractivity contribution < 1.29 is 14.7 Å². The van der Waals surface area contributed by atoms with Crippen LogP contribution in [0.2, 0.25) is 5.02 Å².